The van der Waals surface area contributed by atoms with Gasteiger partial charge in [-0.3, -0.25) is 9.59 Å². The molecule has 0 radical (unpaired) electrons. The lowest BCUT2D eigenvalue weighted by atomic mass is 9.81. The average molecular weight is 540 g/mol. The summed E-state index contributed by atoms with van der Waals surface area (Å²) < 4.78 is 13.2. The minimum absolute atomic E-state index is 0.0946. The van der Waals surface area contributed by atoms with Crippen molar-refractivity contribution in [2.24, 2.45) is 5.92 Å². The van der Waals surface area contributed by atoms with E-state index < -0.39 is 5.79 Å². The molecule has 8 heteroatoms. The smallest absolute Gasteiger partial charge is 0.254 e. The molecule has 2 aliphatic heterocycles. The van der Waals surface area contributed by atoms with E-state index >= 15 is 0 Å². The normalized spacial score (nSPS) is 27.3. The van der Waals surface area contributed by atoms with Crippen molar-refractivity contribution in [3.63, 3.8) is 0 Å². The molecule has 0 bridgehead atoms. The van der Waals surface area contributed by atoms with Crippen LogP contribution in [0.25, 0.3) is 0 Å². The summed E-state index contributed by atoms with van der Waals surface area (Å²) in [5.41, 5.74) is 4.35. The van der Waals surface area contributed by atoms with E-state index in [1.807, 2.05) is 38.7 Å². The Morgan fingerprint density at radius 2 is 1.74 bits per heavy atom. The Morgan fingerprint density at radius 1 is 1.08 bits per heavy atom. The third kappa shape index (κ3) is 3.88. The van der Waals surface area contributed by atoms with Crippen LogP contribution in [0.2, 0.25) is 5.02 Å². The maximum atomic E-state index is 14.0. The zero-order valence-corrected chi connectivity index (χ0v) is 24.1. The third-order valence-corrected chi connectivity index (χ3v) is 9.95. The van der Waals surface area contributed by atoms with Crippen LogP contribution in [0, 0.1) is 26.7 Å². The molecule has 4 aliphatic rings. The van der Waals surface area contributed by atoms with Gasteiger partial charge in [-0.1, -0.05) is 11.6 Å². The predicted octanol–water partition coefficient (Wildman–Crippen LogP) is 5.25. The summed E-state index contributed by atoms with van der Waals surface area (Å²) >= 11 is 7.10. The number of hydrogen-bond acceptors (Lipinski definition) is 5. The number of rotatable bonds is 4. The molecule has 1 aromatic carbocycles. The van der Waals surface area contributed by atoms with E-state index in [9.17, 15) is 9.59 Å². The highest BCUT2D eigenvalue weighted by Crippen LogP contribution is 2.61. The van der Waals surface area contributed by atoms with Gasteiger partial charge in [-0.25, -0.2) is 0 Å². The number of fused-ring (bicyclic) bond motifs is 3. The third-order valence-electron chi connectivity index (χ3n) is 9.59. The number of nitrogens with one attached hydrogen (secondary N) is 1. The number of nitrogens with zero attached hydrogens (tertiary/aromatic N) is 2. The van der Waals surface area contributed by atoms with Crippen molar-refractivity contribution in [3.8, 4) is 11.5 Å². The average Bonchev–Trinajstić information content (AvgIpc) is 3.53. The maximum Gasteiger partial charge on any atom is 0.254 e. The molecular formula is C30H38ClN3O4. The topological polar surface area (TPSA) is 74.9 Å². The number of aromatic nitrogens is 1. The number of halogens is 1. The molecule has 2 saturated carbocycles. The number of benzene rings is 1. The highest BCUT2D eigenvalue weighted by molar-refractivity contribution is 6.34. The molecule has 3 heterocycles. The number of carbonyl (C=O) groups excluding carboxylic acids is 1. The summed E-state index contributed by atoms with van der Waals surface area (Å²) in [4.78, 5) is 33.8. The largest absolute Gasteiger partial charge is 0.448 e. The molecule has 2 aliphatic carbocycles. The minimum atomic E-state index is -0.802. The van der Waals surface area contributed by atoms with E-state index in [-0.39, 0.29) is 29.3 Å². The van der Waals surface area contributed by atoms with Crippen molar-refractivity contribution in [3.05, 3.63) is 55.0 Å². The van der Waals surface area contributed by atoms with Crippen LogP contribution in [-0.4, -0.2) is 53.2 Å². The van der Waals surface area contributed by atoms with Crippen molar-refractivity contribution in [2.75, 3.05) is 20.6 Å². The van der Waals surface area contributed by atoms with Crippen LogP contribution in [-0.2, 0) is 12.0 Å². The Hall–Kier alpha value is -2.51. The molecule has 38 heavy (non-hydrogen) atoms. The number of ether oxygens (including phenoxy) is 2. The van der Waals surface area contributed by atoms with Crippen molar-refractivity contribution < 1.29 is 14.3 Å². The number of aryl methyl sites for hydroxylation is 2. The lowest BCUT2D eigenvalue weighted by Gasteiger charge is -2.39. The quantitative estimate of drug-likeness (QED) is 0.574. The molecule has 0 unspecified atom stereocenters. The van der Waals surface area contributed by atoms with Crippen LogP contribution >= 0.6 is 11.6 Å². The lowest BCUT2D eigenvalue weighted by Crippen LogP contribution is -2.46. The fraction of sp³-hybridized carbons (Fsp3) is 0.600. The van der Waals surface area contributed by atoms with E-state index in [0.29, 0.717) is 40.2 Å². The van der Waals surface area contributed by atoms with Crippen LogP contribution < -0.4 is 15.0 Å². The van der Waals surface area contributed by atoms with E-state index in [2.05, 4.69) is 24.0 Å². The van der Waals surface area contributed by atoms with E-state index in [1.165, 1.54) is 0 Å². The second-order valence-electron chi connectivity index (χ2n) is 12.4. The Bertz CT molecular complexity index is 1390. The fourth-order valence-corrected chi connectivity index (χ4v) is 7.53. The molecule has 204 valence electrons. The fourth-order valence-electron chi connectivity index (χ4n) is 7.11. The van der Waals surface area contributed by atoms with E-state index in [0.717, 1.165) is 60.9 Å². The van der Waals surface area contributed by atoms with Gasteiger partial charge < -0.3 is 24.3 Å². The van der Waals surface area contributed by atoms with Crippen LogP contribution in [0.15, 0.2) is 10.9 Å². The number of pyridine rings is 1. The molecule has 2 aromatic rings. The van der Waals surface area contributed by atoms with Crippen molar-refractivity contribution >= 4 is 17.5 Å². The number of carbonyl (C=O) groups is 1. The van der Waals surface area contributed by atoms with Crippen LogP contribution in [0.5, 0.6) is 11.5 Å². The molecule has 1 atom stereocenters. The van der Waals surface area contributed by atoms with Gasteiger partial charge in [0.05, 0.1) is 17.1 Å². The second-order valence-corrected chi connectivity index (χ2v) is 12.8. The summed E-state index contributed by atoms with van der Waals surface area (Å²) in [6.07, 6.45) is 6.16. The van der Waals surface area contributed by atoms with E-state index in [4.69, 9.17) is 21.1 Å². The Morgan fingerprint density at radius 3 is 2.34 bits per heavy atom. The van der Waals surface area contributed by atoms with Crippen LogP contribution in [0.4, 0.5) is 0 Å². The van der Waals surface area contributed by atoms with Crippen molar-refractivity contribution in [1.82, 2.24) is 14.8 Å². The van der Waals surface area contributed by atoms with Gasteiger partial charge in [-0.15, -0.1) is 0 Å². The first kappa shape index (κ1) is 25.8. The first-order valence-electron chi connectivity index (χ1n) is 13.8. The molecule has 1 N–H and O–H groups in total. The first-order valence-corrected chi connectivity index (χ1v) is 14.2. The van der Waals surface area contributed by atoms with Crippen molar-refractivity contribution in [1.29, 1.82) is 0 Å². The monoisotopic (exact) mass is 539 g/mol. The lowest BCUT2D eigenvalue weighted by molar-refractivity contribution is -0.123. The van der Waals surface area contributed by atoms with Crippen LogP contribution in [0.1, 0.15) is 83.8 Å². The first-order chi connectivity index (χ1) is 17.9. The van der Waals surface area contributed by atoms with Gasteiger partial charge in [-0.05, 0) is 90.6 Å². The summed E-state index contributed by atoms with van der Waals surface area (Å²) in [7, 11) is 4.28. The number of H-pyrrole nitrogens is 1. The Kier molecular flexibility index (Phi) is 5.93. The van der Waals surface area contributed by atoms with Gasteiger partial charge >= 0.3 is 0 Å². The summed E-state index contributed by atoms with van der Waals surface area (Å²) in [5.74, 6) is 0.545. The molecule has 6 rings (SSSR count). The number of amides is 1. The minimum Gasteiger partial charge on any atom is -0.448 e. The standard InChI is InChI=1S/C30H38ClN3O4/c1-16-13-17(2)32-27(35)21(16)14-34-15-30(11-12-30)23-22(28(34)36)18(3)25-26(24(23)31)38-29(4,37-25)19-7-9-20(10-8-19)33(5)6/h13,19-20H,7-12,14-15H2,1-6H3,(H,32,35)/t19?,20?,29-/m0/s1. The summed E-state index contributed by atoms with van der Waals surface area (Å²) in [5, 5.41) is 0.529. The zero-order chi connectivity index (χ0) is 27.1. The van der Waals surface area contributed by atoms with E-state index in [1.54, 1.807) is 0 Å². The highest BCUT2D eigenvalue weighted by atomic mass is 35.5. The van der Waals surface area contributed by atoms with Gasteiger partial charge in [0.15, 0.2) is 11.5 Å². The van der Waals surface area contributed by atoms with Crippen LogP contribution in [0.3, 0.4) is 0 Å². The SMILES string of the molecule is Cc1cc(C)c(CN2CC3(CC3)c3c(Cl)c4c(c(C)c3C2=O)O[C@](C)(C2CCC(N(C)C)CC2)O4)c(=O)[nH]1. The molecule has 0 saturated heterocycles. The molecule has 1 spiro atoms. The Labute approximate surface area is 229 Å². The molecular weight excluding hydrogens is 502 g/mol. The Balaban J connectivity index is 1.35. The van der Waals surface area contributed by atoms with Crippen molar-refractivity contribution in [2.45, 2.75) is 90.0 Å². The maximum absolute atomic E-state index is 14.0. The van der Waals surface area contributed by atoms with Gasteiger partial charge in [0.2, 0.25) is 0 Å². The number of aromatic amines is 1. The molecule has 1 amide bonds. The molecule has 2 fully saturated rings. The van der Waals surface area contributed by atoms with Gasteiger partial charge in [0, 0.05) is 47.7 Å². The second kappa shape index (κ2) is 8.75. The number of hydrogen-bond donors (Lipinski definition) is 1. The van der Waals surface area contributed by atoms with Gasteiger partial charge in [0.25, 0.3) is 17.3 Å². The summed E-state index contributed by atoms with van der Waals surface area (Å²) in [6.45, 7) is 8.61. The molecule has 1 aromatic heterocycles. The molecule has 7 nitrogen and oxygen atoms in total. The zero-order valence-electron chi connectivity index (χ0n) is 23.3. The van der Waals surface area contributed by atoms with Gasteiger partial charge in [-0.2, -0.15) is 0 Å². The summed E-state index contributed by atoms with van der Waals surface area (Å²) in [6, 6.07) is 2.54. The van der Waals surface area contributed by atoms with Gasteiger partial charge in [0.1, 0.15) is 0 Å². The highest BCUT2D eigenvalue weighted by Gasteiger charge is 2.56. The predicted molar refractivity (Wildman–Crippen MR) is 147 cm³/mol.